The molecule has 0 aliphatic rings. The molecule has 0 bridgehead atoms. The molecule has 0 fully saturated rings. The van der Waals surface area contributed by atoms with E-state index in [0.29, 0.717) is 87.5 Å². The molecule has 0 saturated heterocycles. The Morgan fingerprint density at radius 2 is 0.507 bits per heavy atom. The third-order valence-corrected chi connectivity index (χ3v) is 23.4. The fourth-order valence-electron chi connectivity index (χ4n) is 12.4. The number of alkyl halides is 12. The third-order valence-electron chi connectivity index (χ3n) is 19.2. The summed E-state index contributed by atoms with van der Waals surface area (Å²) in [6, 6.07) is 80.0. The van der Waals surface area contributed by atoms with Crippen molar-refractivity contribution in [2.45, 2.75) is 90.2 Å². The first kappa shape index (κ1) is 114. The van der Waals surface area contributed by atoms with E-state index in [-0.39, 0.29) is 0 Å². The number of benzene rings is 12. The Morgan fingerprint density at radius 3 is 0.880 bits per heavy atom. The summed E-state index contributed by atoms with van der Waals surface area (Å²) in [5.74, 6) is 75.1. The van der Waals surface area contributed by atoms with Crippen molar-refractivity contribution in [3.8, 4) is 324 Å². The van der Waals surface area contributed by atoms with Crippen LogP contribution in [0.3, 0.4) is 0 Å². The monoisotopic (exact) mass is 2170 g/mol. The molecule has 0 unspecified atom stereocenters. The topological polar surface area (TPSA) is 46.2 Å². The van der Waals surface area contributed by atoms with Crippen molar-refractivity contribution in [1.82, 2.24) is 0 Å². The van der Waals surface area contributed by atoms with Crippen LogP contribution < -0.4 is 23.7 Å². The Morgan fingerprint density at radius 1 is 0.211 bits per heavy atom. The number of aryl methyl sites for hydroxylation is 3. The lowest BCUT2D eigenvalue weighted by Crippen LogP contribution is -1.93. The van der Waals surface area contributed by atoms with E-state index < -0.39 is 0 Å². The first-order valence-corrected chi connectivity index (χ1v) is 49.7. The van der Waals surface area contributed by atoms with Gasteiger partial charge in [0.25, 0.3) is 0 Å². The molecule has 0 N–H and O–H groups in total. The average Bonchev–Trinajstić information content (AvgIpc) is 0.814. The molecule has 12 rings (SSSR count). The molecule has 0 heterocycles. The van der Waals surface area contributed by atoms with Gasteiger partial charge in [0, 0.05) is 152 Å². The lowest BCUT2D eigenvalue weighted by atomic mass is 9.94. The number of hydrogen-bond donors (Lipinski definition) is 0. The predicted molar refractivity (Wildman–Crippen MR) is 602 cm³/mol. The lowest BCUT2D eigenvalue weighted by Gasteiger charge is -2.13. The van der Waals surface area contributed by atoms with Crippen molar-refractivity contribution >= 4 is 148 Å². The zero-order valence-corrected chi connectivity index (χ0v) is 87.3. The summed E-state index contributed by atoms with van der Waals surface area (Å²) in [4.78, 5) is 0. The second-order valence-electron chi connectivity index (χ2n) is 28.6. The summed E-state index contributed by atoms with van der Waals surface area (Å²) in [7, 11) is 0. The van der Waals surface area contributed by atoms with Crippen LogP contribution in [0.5, 0.6) is 28.7 Å². The van der Waals surface area contributed by atoms with Crippen molar-refractivity contribution in [2.75, 3.05) is 0 Å². The third kappa shape index (κ3) is 39.8. The van der Waals surface area contributed by atoms with Crippen molar-refractivity contribution < 1.29 is 23.7 Å². The van der Waals surface area contributed by atoms with Crippen molar-refractivity contribution in [3.05, 3.63) is 326 Å². The Bertz CT molecular complexity index is 7500. The van der Waals surface area contributed by atoms with Gasteiger partial charge in [0.1, 0.15) is 47.8 Å². The van der Waals surface area contributed by atoms with E-state index in [1.54, 1.807) is 12.1 Å². The molecular weight excluding hydrogens is 2100 g/mol. The second kappa shape index (κ2) is 67.4. The van der Waals surface area contributed by atoms with Gasteiger partial charge in [-0.1, -0.05) is 207 Å². The highest BCUT2D eigenvalue weighted by atomic mass is 79.9. The van der Waals surface area contributed by atoms with Gasteiger partial charge < -0.3 is 23.7 Å². The van der Waals surface area contributed by atoms with Crippen LogP contribution in [-0.2, 0) is 69.5 Å². The number of ether oxygens (including phenoxy) is 5. The number of halogens is 12. The van der Waals surface area contributed by atoms with Gasteiger partial charge in [-0.3, -0.25) is 0 Å². The van der Waals surface area contributed by atoms with Gasteiger partial charge in [-0.05, 0) is 322 Å². The SMILES string of the molecule is C#CC#CC#CC#CC#COc1ccc(-c2cc(CBr)ccc2CBr)cc1.C#CC#CC#CC#CC#COc1ccc(-c2cc(CCl)ccc2CCl)cc1.C#CC#CC#CC#CC#COc1cccc(-c2cc(CCl)ccc2CCl)c1.C#CC#COc1ccc(-c2cc(CCl)ccc2CCl)cc1OC#CC#C.Cc1ccc(-c2cc(CCl)ccc2CCl)cc1.Cc1ccc(C)c(-c2cc(CCl)ccc2CCl)c1. The highest BCUT2D eigenvalue weighted by molar-refractivity contribution is 9.08. The molecule has 692 valence electrons. The van der Waals surface area contributed by atoms with Gasteiger partial charge in [0.2, 0.25) is 0 Å². The molecule has 0 atom stereocenters. The van der Waals surface area contributed by atoms with Gasteiger partial charge >= 0.3 is 0 Å². The summed E-state index contributed by atoms with van der Waals surface area (Å²) >= 11 is 66.8. The Kier molecular flexibility index (Phi) is 54.2. The van der Waals surface area contributed by atoms with Crippen LogP contribution in [0.1, 0.15) is 83.5 Å². The zero-order valence-electron chi connectivity index (χ0n) is 76.5. The van der Waals surface area contributed by atoms with Crippen LogP contribution in [0.2, 0.25) is 0 Å². The minimum Gasteiger partial charge on any atom is -0.407 e. The van der Waals surface area contributed by atoms with Crippen LogP contribution in [0.15, 0.2) is 243 Å². The van der Waals surface area contributed by atoms with E-state index in [2.05, 4.69) is 334 Å². The van der Waals surface area contributed by atoms with E-state index in [4.69, 9.17) is 172 Å². The van der Waals surface area contributed by atoms with E-state index >= 15 is 0 Å². The summed E-state index contributed by atoms with van der Waals surface area (Å²) in [6.45, 7) is 6.32. The molecule has 12 aromatic rings. The molecule has 12 aromatic carbocycles. The zero-order chi connectivity index (χ0) is 102. The largest absolute Gasteiger partial charge is 0.407 e. The fraction of sp³-hybridized carbons (Fsp3) is 0.120. The summed E-state index contributed by atoms with van der Waals surface area (Å²) in [5, 5.41) is 1.62. The Hall–Kier alpha value is -14.9. The number of hydrogen-bond acceptors (Lipinski definition) is 5. The molecule has 5 nitrogen and oxygen atoms in total. The van der Waals surface area contributed by atoms with Crippen LogP contribution >= 0.6 is 148 Å². The first-order chi connectivity index (χ1) is 69.5. The summed E-state index contributed by atoms with van der Waals surface area (Å²) in [5.41, 5.74) is 29.9. The average molecular weight is 2170 g/mol. The molecule has 17 heteroatoms. The highest BCUT2D eigenvalue weighted by Crippen LogP contribution is 2.38. The van der Waals surface area contributed by atoms with E-state index in [9.17, 15) is 0 Å². The van der Waals surface area contributed by atoms with E-state index in [1.807, 2.05) is 146 Å². The quantitative estimate of drug-likeness (QED) is 0.0472. The van der Waals surface area contributed by atoms with Gasteiger partial charge in [0.15, 0.2) is 11.5 Å². The highest BCUT2D eigenvalue weighted by Gasteiger charge is 2.16. The minimum atomic E-state index is 0.355. The predicted octanol–water partition coefficient (Wildman–Crippen LogP) is 30.1. The maximum absolute atomic E-state index is 6.06. The maximum atomic E-state index is 6.06. The molecule has 0 radical (unpaired) electrons. The van der Waals surface area contributed by atoms with Crippen LogP contribution in [0, 0.1) is 249 Å². The van der Waals surface area contributed by atoms with Crippen molar-refractivity contribution in [1.29, 1.82) is 0 Å². The summed E-state index contributed by atoms with van der Waals surface area (Å²) in [6.07, 6.45) is 37.4. The minimum absolute atomic E-state index is 0.355. The number of terminal acetylenes is 5. The molecule has 0 aliphatic carbocycles. The molecule has 0 aliphatic heterocycles. The number of rotatable bonds is 23. The smallest absolute Gasteiger partial charge is 0.184 e. The van der Waals surface area contributed by atoms with Crippen LogP contribution in [0.4, 0.5) is 0 Å². The normalized spacial score (nSPS) is 8.89. The standard InChI is InChI=1S/C24H12Br2O.2C24H12Cl2O.C22H12Cl2O2.C16H16Cl2.C15H14Cl2/c2*1-2-3-4-5-6-7-8-9-16-27-23-14-12-21(13-15-23)24-17-20(18-25)10-11-22(24)19-26;1-2-3-4-5-6-7-8-9-15-27-23-12-10-11-21(17-23)24-16-20(18-25)13-14-22(24)19-26;1-3-5-11-25-21-10-9-18(14-22(21)26-12-6-4-2)20-13-17(15-23)7-8-19(20)16-24;1-11-3-4-12(2)15(7-11)16-8-13(9-17)5-6-14(16)10-18;1-11-2-5-13(6-3-11)15-8-12(9-16)4-7-14(15)10-17/h2*1,10-15,17H,18-19H2;1,10-14,16-17H,18-19H2;1-2,7-10,13-14H,15-16H2;3-8H,9-10H2,1-2H3;2-8H,9-10H2,1H3. The van der Waals surface area contributed by atoms with Gasteiger partial charge in [-0.25, -0.2) is 0 Å². The van der Waals surface area contributed by atoms with Crippen LogP contribution in [0.25, 0.3) is 66.8 Å². The van der Waals surface area contributed by atoms with Gasteiger partial charge in [0.05, 0.1) is 0 Å². The Balaban J connectivity index is 0.000000233. The van der Waals surface area contributed by atoms with Crippen molar-refractivity contribution in [3.63, 3.8) is 0 Å². The van der Waals surface area contributed by atoms with Gasteiger partial charge in [-0.15, -0.1) is 148 Å². The molecule has 0 saturated carbocycles. The van der Waals surface area contributed by atoms with Crippen LogP contribution in [-0.4, -0.2) is 0 Å². The van der Waals surface area contributed by atoms with Crippen molar-refractivity contribution in [2.24, 2.45) is 0 Å². The maximum Gasteiger partial charge on any atom is 0.184 e. The second-order valence-corrected chi connectivity index (χ2v) is 32.4. The van der Waals surface area contributed by atoms with E-state index in [0.717, 1.165) is 105 Å². The Labute approximate surface area is 903 Å². The molecular formula is C125H78Br2Cl10O5. The first-order valence-electron chi connectivity index (χ1n) is 42.1. The lowest BCUT2D eigenvalue weighted by molar-refractivity contribution is 0.452. The fourth-order valence-corrected chi connectivity index (χ4v) is 15.2. The molecule has 0 amide bonds. The molecule has 142 heavy (non-hydrogen) atoms. The summed E-state index contributed by atoms with van der Waals surface area (Å²) < 4.78 is 26.8. The molecule has 0 spiro atoms. The van der Waals surface area contributed by atoms with Gasteiger partial charge in [-0.2, -0.15) is 0 Å². The molecule has 0 aromatic heterocycles. The van der Waals surface area contributed by atoms with E-state index in [1.165, 1.54) is 55.6 Å².